The second-order valence-corrected chi connectivity index (χ2v) is 4.94. The molecule has 2 aromatic rings. The topological polar surface area (TPSA) is 42.0 Å². The predicted molar refractivity (Wildman–Crippen MR) is 76.6 cm³/mol. The molecule has 0 saturated carbocycles. The van der Waals surface area contributed by atoms with Crippen LogP contribution in [-0.4, -0.2) is 10.9 Å². The van der Waals surface area contributed by atoms with Crippen molar-refractivity contribution in [2.24, 2.45) is 0 Å². The van der Waals surface area contributed by atoms with E-state index in [0.717, 1.165) is 5.56 Å². The third kappa shape index (κ3) is 3.69. The van der Waals surface area contributed by atoms with Gasteiger partial charge < -0.3 is 5.32 Å². The molecule has 98 valence electrons. The minimum atomic E-state index is -0.198. The molecule has 0 aliphatic heterocycles. The van der Waals surface area contributed by atoms with E-state index in [2.05, 4.69) is 10.3 Å². The van der Waals surface area contributed by atoms with Gasteiger partial charge in [-0.2, -0.15) is 0 Å². The highest BCUT2D eigenvalue weighted by Gasteiger charge is 2.11. The van der Waals surface area contributed by atoms with Gasteiger partial charge in [0.2, 0.25) is 0 Å². The summed E-state index contributed by atoms with van der Waals surface area (Å²) in [6, 6.07) is 10.5. The Morgan fingerprint density at radius 1 is 1.26 bits per heavy atom. The Balaban J connectivity index is 2.08. The summed E-state index contributed by atoms with van der Waals surface area (Å²) in [5.74, 6) is -0.198. The number of hydrogen-bond acceptors (Lipinski definition) is 2. The van der Waals surface area contributed by atoms with Gasteiger partial charge in [0.05, 0.1) is 11.6 Å². The molecule has 1 aromatic carbocycles. The van der Waals surface area contributed by atoms with Crippen molar-refractivity contribution >= 4 is 29.1 Å². The summed E-state index contributed by atoms with van der Waals surface area (Å²) in [5, 5.41) is 3.88. The average molecular weight is 295 g/mol. The second kappa shape index (κ2) is 6.04. The quantitative estimate of drug-likeness (QED) is 0.873. The first kappa shape index (κ1) is 13.8. The van der Waals surface area contributed by atoms with Gasteiger partial charge in [-0.15, -0.1) is 0 Å². The lowest BCUT2D eigenvalue weighted by molar-refractivity contribution is 0.0939. The summed E-state index contributed by atoms with van der Waals surface area (Å²) >= 11 is 11.6. The van der Waals surface area contributed by atoms with Crippen molar-refractivity contribution in [2.75, 3.05) is 0 Å². The van der Waals surface area contributed by atoms with Crippen LogP contribution in [-0.2, 0) is 0 Å². The minimum absolute atomic E-state index is 0.137. The largest absolute Gasteiger partial charge is 0.345 e. The molecular formula is C14H12Cl2N2O. The van der Waals surface area contributed by atoms with Crippen molar-refractivity contribution in [3.8, 4) is 0 Å². The zero-order valence-corrected chi connectivity index (χ0v) is 11.7. The van der Waals surface area contributed by atoms with E-state index < -0.39 is 0 Å². The van der Waals surface area contributed by atoms with Crippen LogP contribution in [0.25, 0.3) is 0 Å². The van der Waals surface area contributed by atoms with E-state index in [0.29, 0.717) is 15.7 Å². The first-order chi connectivity index (χ1) is 9.06. The number of hydrogen-bond donors (Lipinski definition) is 1. The fourth-order valence-electron chi connectivity index (χ4n) is 1.65. The Bertz CT molecular complexity index is 584. The fourth-order valence-corrected chi connectivity index (χ4v) is 1.96. The predicted octanol–water partition coefficient (Wildman–Crippen LogP) is 3.88. The maximum atomic E-state index is 12.0. The lowest BCUT2D eigenvalue weighted by atomic mass is 10.1. The molecule has 1 amide bonds. The zero-order chi connectivity index (χ0) is 13.8. The summed E-state index contributed by atoms with van der Waals surface area (Å²) in [6.45, 7) is 1.90. The highest BCUT2D eigenvalue weighted by molar-refractivity contribution is 6.30. The first-order valence-electron chi connectivity index (χ1n) is 5.74. The van der Waals surface area contributed by atoms with Crippen LogP contribution in [0.3, 0.4) is 0 Å². The molecule has 1 heterocycles. The molecule has 0 fully saturated rings. The van der Waals surface area contributed by atoms with Crippen LogP contribution >= 0.6 is 23.2 Å². The Morgan fingerprint density at radius 3 is 2.68 bits per heavy atom. The number of nitrogens with one attached hydrogen (secondary N) is 1. The van der Waals surface area contributed by atoms with Gasteiger partial charge in [0, 0.05) is 11.2 Å². The first-order valence-corrected chi connectivity index (χ1v) is 6.50. The third-order valence-corrected chi connectivity index (χ3v) is 3.14. The molecule has 0 spiro atoms. The van der Waals surface area contributed by atoms with Crippen molar-refractivity contribution in [1.29, 1.82) is 0 Å². The highest BCUT2D eigenvalue weighted by atomic mass is 35.5. The van der Waals surface area contributed by atoms with Crippen LogP contribution in [0.5, 0.6) is 0 Å². The maximum absolute atomic E-state index is 12.0. The normalized spacial score (nSPS) is 11.9. The number of carbonyl (C=O) groups is 1. The molecule has 1 atom stereocenters. The number of carbonyl (C=O) groups excluding carboxylic acids is 1. The van der Waals surface area contributed by atoms with E-state index in [1.54, 1.807) is 18.2 Å². The van der Waals surface area contributed by atoms with Gasteiger partial charge in [0.1, 0.15) is 5.15 Å². The number of halogens is 2. The van der Waals surface area contributed by atoms with E-state index in [9.17, 15) is 4.79 Å². The summed E-state index contributed by atoms with van der Waals surface area (Å²) in [6.07, 6.45) is 1.45. The van der Waals surface area contributed by atoms with Crippen LogP contribution in [0.4, 0.5) is 0 Å². The molecule has 0 saturated heterocycles. The number of pyridine rings is 1. The smallest absolute Gasteiger partial charge is 0.253 e. The van der Waals surface area contributed by atoms with Gasteiger partial charge in [-0.3, -0.25) is 4.79 Å². The zero-order valence-electron chi connectivity index (χ0n) is 10.2. The van der Waals surface area contributed by atoms with Gasteiger partial charge in [-0.25, -0.2) is 4.98 Å². The molecule has 1 aromatic heterocycles. The van der Waals surface area contributed by atoms with Gasteiger partial charge in [-0.1, -0.05) is 35.3 Å². The van der Waals surface area contributed by atoms with Crippen molar-refractivity contribution < 1.29 is 4.79 Å². The van der Waals surface area contributed by atoms with Crippen molar-refractivity contribution in [1.82, 2.24) is 10.3 Å². The molecule has 1 N–H and O–H groups in total. The second-order valence-electron chi connectivity index (χ2n) is 4.12. The van der Waals surface area contributed by atoms with Crippen molar-refractivity contribution in [3.05, 3.63) is 63.9 Å². The Kier molecular flexibility index (Phi) is 4.40. The standard InChI is InChI=1S/C14H12Cl2N2O/c1-9(10-3-2-4-12(15)7-10)18-14(19)11-5-6-13(16)17-8-11/h2-9H,1H3,(H,18,19)/t9-/m0/s1. The molecule has 0 unspecified atom stereocenters. The molecule has 0 bridgehead atoms. The van der Waals surface area contributed by atoms with Crippen molar-refractivity contribution in [2.45, 2.75) is 13.0 Å². The molecule has 3 nitrogen and oxygen atoms in total. The Labute approximate surface area is 121 Å². The molecule has 0 aliphatic carbocycles. The van der Waals surface area contributed by atoms with Gasteiger partial charge in [-0.05, 0) is 36.8 Å². The molecule has 0 radical (unpaired) electrons. The summed E-state index contributed by atoms with van der Waals surface area (Å²) < 4.78 is 0. The molecular weight excluding hydrogens is 283 g/mol. The lowest BCUT2D eigenvalue weighted by Crippen LogP contribution is -2.26. The van der Waals surface area contributed by atoms with Crippen LogP contribution in [0.15, 0.2) is 42.6 Å². The van der Waals surface area contributed by atoms with E-state index in [-0.39, 0.29) is 11.9 Å². The number of nitrogens with zero attached hydrogens (tertiary/aromatic N) is 1. The lowest BCUT2D eigenvalue weighted by Gasteiger charge is -2.14. The minimum Gasteiger partial charge on any atom is -0.345 e. The molecule has 0 aliphatic rings. The van der Waals surface area contributed by atoms with Crippen LogP contribution in [0.2, 0.25) is 10.2 Å². The third-order valence-electron chi connectivity index (χ3n) is 2.69. The van der Waals surface area contributed by atoms with Crippen LogP contribution < -0.4 is 5.32 Å². The fraction of sp³-hybridized carbons (Fsp3) is 0.143. The molecule has 2 rings (SSSR count). The van der Waals surface area contributed by atoms with Crippen LogP contribution in [0.1, 0.15) is 28.9 Å². The highest BCUT2D eigenvalue weighted by Crippen LogP contribution is 2.17. The Morgan fingerprint density at radius 2 is 2.05 bits per heavy atom. The number of amides is 1. The maximum Gasteiger partial charge on any atom is 0.253 e. The van der Waals surface area contributed by atoms with E-state index in [4.69, 9.17) is 23.2 Å². The van der Waals surface area contributed by atoms with Gasteiger partial charge in [0.15, 0.2) is 0 Å². The SMILES string of the molecule is C[C@H](NC(=O)c1ccc(Cl)nc1)c1cccc(Cl)c1. The van der Waals surface area contributed by atoms with E-state index in [1.165, 1.54) is 6.20 Å². The number of rotatable bonds is 3. The van der Waals surface area contributed by atoms with Crippen molar-refractivity contribution in [3.63, 3.8) is 0 Å². The van der Waals surface area contributed by atoms with Crippen LogP contribution in [0, 0.1) is 0 Å². The number of benzene rings is 1. The van der Waals surface area contributed by atoms with Gasteiger partial charge >= 0.3 is 0 Å². The Hall–Kier alpha value is -1.58. The summed E-state index contributed by atoms with van der Waals surface area (Å²) in [7, 11) is 0. The van der Waals surface area contributed by atoms with Gasteiger partial charge in [0.25, 0.3) is 5.91 Å². The monoisotopic (exact) mass is 294 g/mol. The van der Waals surface area contributed by atoms with E-state index in [1.807, 2.05) is 25.1 Å². The molecule has 19 heavy (non-hydrogen) atoms. The van der Waals surface area contributed by atoms with E-state index >= 15 is 0 Å². The summed E-state index contributed by atoms with van der Waals surface area (Å²) in [5.41, 5.74) is 1.42. The number of aromatic nitrogens is 1. The molecule has 5 heteroatoms. The average Bonchev–Trinajstić information content (AvgIpc) is 2.39. The summed E-state index contributed by atoms with van der Waals surface area (Å²) in [4.78, 5) is 15.9.